The second-order valence-electron chi connectivity index (χ2n) is 5.62. The molecule has 2 heterocycles. The first-order chi connectivity index (χ1) is 12.0. The van der Waals surface area contributed by atoms with Gasteiger partial charge in [-0.05, 0) is 18.6 Å². The van der Waals surface area contributed by atoms with Crippen LogP contribution in [0.3, 0.4) is 0 Å². The number of nitrogens with zero attached hydrogens (tertiary/aromatic N) is 4. The number of anilines is 1. The minimum absolute atomic E-state index is 0.108. The van der Waals surface area contributed by atoms with Crippen LogP contribution < -0.4 is 5.32 Å². The minimum Gasteiger partial charge on any atom is -0.323 e. The maximum absolute atomic E-state index is 12.1. The summed E-state index contributed by atoms with van der Waals surface area (Å²) in [5, 5.41) is 12.5. The normalized spacial score (nSPS) is 10.8. The molecule has 0 saturated carbocycles. The number of nitrogens with one attached hydrogen (secondary N) is 1. The lowest BCUT2D eigenvalue weighted by Crippen LogP contribution is -2.15. The molecule has 6 nitrogen and oxygen atoms in total. The summed E-state index contributed by atoms with van der Waals surface area (Å²) in [6.45, 7) is 2.88. The number of benzene rings is 1. The zero-order chi connectivity index (χ0) is 17.8. The third-order valence-corrected chi connectivity index (χ3v) is 4.54. The molecule has 0 spiro atoms. The second kappa shape index (κ2) is 7.72. The van der Waals surface area contributed by atoms with Crippen LogP contribution in [-0.2, 0) is 17.9 Å². The van der Waals surface area contributed by atoms with Crippen LogP contribution >= 0.6 is 23.2 Å². The van der Waals surface area contributed by atoms with E-state index in [0.29, 0.717) is 35.2 Å². The summed E-state index contributed by atoms with van der Waals surface area (Å²) < 4.78 is 3.44. The van der Waals surface area contributed by atoms with E-state index in [2.05, 4.69) is 15.5 Å². The molecule has 0 saturated heterocycles. The standard InChI is InChI=1S/C17H17Cl2N5O/c1-12-16(19)9-21-24(12)7-6-17(25)22-14-8-20-23(11-14)10-13-4-2-3-5-15(13)18/h2-5,8-9,11H,6-7,10H2,1H3,(H,22,25). The Hall–Kier alpha value is -2.31. The van der Waals surface area contributed by atoms with Crippen LogP contribution in [0, 0.1) is 6.92 Å². The van der Waals surface area contributed by atoms with Gasteiger partial charge in [0.15, 0.2) is 0 Å². The van der Waals surface area contributed by atoms with E-state index in [1.165, 1.54) is 0 Å². The number of aryl methyl sites for hydroxylation is 1. The smallest absolute Gasteiger partial charge is 0.226 e. The molecule has 3 aromatic rings. The molecule has 0 atom stereocenters. The Morgan fingerprint density at radius 2 is 1.96 bits per heavy atom. The van der Waals surface area contributed by atoms with Crippen LogP contribution in [-0.4, -0.2) is 25.5 Å². The maximum Gasteiger partial charge on any atom is 0.226 e. The highest BCUT2D eigenvalue weighted by molar-refractivity contribution is 6.31. The van der Waals surface area contributed by atoms with Crippen molar-refractivity contribution < 1.29 is 4.79 Å². The number of aromatic nitrogens is 4. The number of rotatable bonds is 6. The van der Waals surface area contributed by atoms with Gasteiger partial charge in [0.1, 0.15) is 0 Å². The predicted octanol–water partition coefficient (Wildman–Crippen LogP) is 3.77. The summed E-state index contributed by atoms with van der Waals surface area (Å²) in [6, 6.07) is 7.60. The van der Waals surface area contributed by atoms with Crippen molar-refractivity contribution in [3.8, 4) is 0 Å². The van der Waals surface area contributed by atoms with Crippen LogP contribution in [0.4, 0.5) is 5.69 Å². The Labute approximate surface area is 155 Å². The third-order valence-electron chi connectivity index (χ3n) is 3.80. The fourth-order valence-electron chi connectivity index (χ4n) is 2.40. The summed E-state index contributed by atoms with van der Waals surface area (Å²) in [7, 11) is 0. The van der Waals surface area contributed by atoms with E-state index in [1.54, 1.807) is 28.0 Å². The monoisotopic (exact) mass is 377 g/mol. The highest BCUT2D eigenvalue weighted by atomic mass is 35.5. The number of amides is 1. The molecule has 0 bridgehead atoms. The Kier molecular flexibility index (Phi) is 5.40. The van der Waals surface area contributed by atoms with Gasteiger partial charge in [0, 0.05) is 17.6 Å². The number of hydrogen-bond donors (Lipinski definition) is 1. The maximum atomic E-state index is 12.1. The summed E-state index contributed by atoms with van der Waals surface area (Å²) in [4.78, 5) is 12.1. The zero-order valence-electron chi connectivity index (χ0n) is 13.6. The molecule has 1 amide bonds. The number of carbonyl (C=O) groups excluding carboxylic acids is 1. The summed E-state index contributed by atoms with van der Waals surface area (Å²) in [5.74, 6) is -0.108. The predicted molar refractivity (Wildman–Crippen MR) is 98.0 cm³/mol. The van der Waals surface area contributed by atoms with E-state index in [0.717, 1.165) is 11.3 Å². The molecule has 3 rings (SSSR count). The first kappa shape index (κ1) is 17.5. The van der Waals surface area contributed by atoms with E-state index in [-0.39, 0.29) is 5.91 Å². The Balaban J connectivity index is 1.55. The molecule has 130 valence electrons. The van der Waals surface area contributed by atoms with E-state index in [4.69, 9.17) is 23.2 Å². The lowest BCUT2D eigenvalue weighted by molar-refractivity contribution is -0.116. The van der Waals surface area contributed by atoms with Crippen molar-refractivity contribution in [1.82, 2.24) is 19.6 Å². The Morgan fingerprint density at radius 1 is 1.16 bits per heavy atom. The molecule has 0 aliphatic rings. The fraction of sp³-hybridized carbons (Fsp3) is 0.235. The van der Waals surface area contributed by atoms with Gasteiger partial charge in [-0.3, -0.25) is 14.2 Å². The van der Waals surface area contributed by atoms with Gasteiger partial charge in [-0.25, -0.2) is 0 Å². The average Bonchev–Trinajstić information content (AvgIpc) is 3.15. The molecule has 0 unspecified atom stereocenters. The van der Waals surface area contributed by atoms with Gasteiger partial charge in [-0.1, -0.05) is 41.4 Å². The van der Waals surface area contributed by atoms with Gasteiger partial charge in [0.25, 0.3) is 0 Å². The molecule has 0 aliphatic carbocycles. The van der Waals surface area contributed by atoms with Crippen molar-refractivity contribution in [2.24, 2.45) is 0 Å². The van der Waals surface area contributed by atoms with E-state index in [9.17, 15) is 4.79 Å². The van der Waals surface area contributed by atoms with Crippen LogP contribution in [0.2, 0.25) is 10.0 Å². The van der Waals surface area contributed by atoms with Gasteiger partial charge < -0.3 is 5.32 Å². The van der Waals surface area contributed by atoms with Crippen molar-refractivity contribution >= 4 is 34.8 Å². The number of carbonyl (C=O) groups is 1. The van der Waals surface area contributed by atoms with Crippen molar-refractivity contribution in [2.75, 3.05) is 5.32 Å². The zero-order valence-corrected chi connectivity index (χ0v) is 15.1. The van der Waals surface area contributed by atoms with Crippen LogP contribution in [0.15, 0.2) is 42.9 Å². The number of hydrogen-bond acceptors (Lipinski definition) is 3. The van der Waals surface area contributed by atoms with E-state index >= 15 is 0 Å². The molecule has 0 aliphatic heterocycles. The molecule has 8 heteroatoms. The average molecular weight is 378 g/mol. The second-order valence-corrected chi connectivity index (χ2v) is 6.43. The summed E-state index contributed by atoms with van der Waals surface area (Å²) >= 11 is 12.1. The van der Waals surface area contributed by atoms with Crippen LogP contribution in [0.5, 0.6) is 0 Å². The SMILES string of the molecule is Cc1c(Cl)cnn1CCC(=O)Nc1cnn(Cc2ccccc2Cl)c1. The molecule has 1 aromatic carbocycles. The van der Waals surface area contributed by atoms with Gasteiger partial charge in [-0.15, -0.1) is 0 Å². The summed E-state index contributed by atoms with van der Waals surface area (Å²) in [6.07, 6.45) is 5.27. The molecule has 2 aromatic heterocycles. The van der Waals surface area contributed by atoms with Crippen molar-refractivity contribution in [3.63, 3.8) is 0 Å². The van der Waals surface area contributed by atoms with E-state index < -0.39 is 0 Å². The largest absolute Gasteiger partial charge is 0.323 e. The topological polar surface area (TPSA) is 64.7 Å². The Bertz CT molecular complexity index is 887. The highest BCUT2D eigenvalue weighted by Gasteiger charge is 2.09. The Morgan fingerprint density at radius 3 is 2.68 bits per heavy atom. The van der Waals surface area contributed by atoms with Crippen molar-refractivity contribution in [2.45, 2.75) is 26.4 Å². The lowest BCUT2D eigenvalue weighted by Gasteiger charge is -2.05. The summed E-state index contributed by atoms with van der Waals surface area (Å²) in [5.41, 5.74) is 2.46. The molecular weight excluding hydrogens is 361 g/mol. The highest BCUT2D eigenvalue weighted by Crippen LogP contribution is 2.17. The molecule has 0 fully saturated rings. The first-order valence-electron chi connectivity index (χ1n) is 7.76. The fourth-order valence-corrected chi connectivity index (χ4v) is 2.73. The van der Waals surface area contributed by atoms with Gasteiger partial charge in [-0.2, -0.15) is 10.2 Å². The van der Waals surface area contributed by atoms with E-state index in [1.807, 2.05) is 31.2 Å². The van der Waals surface area contributed by atoms with Crippen molar-refractivity contribution in [3.05, 3.63) is 64.2 Å². The molecule has 0 radical (unpaired) electrons. The van der Waals surface area contributed by atoms with Crippen molar-refractivity contribution in [1.29, 1.82) is 0 Å². The molecule has 1 N–H and O–H groups in total. The minimum atomic E-state index is -0.108. The first-order valence-corrected chi connectivity index (χ1v) is 8.52. The quantitative estimate of drug-likeness (QED) is 0.710. The van der Waals surface area contributed by atoms with Gasteiger partial charge in [0.2, 0.25) is 5.91 Å². The van der Waals surface area contributed by atoms with Gasteiger partial charge >= 0.3 is 0 Å². The van der Waals surface area contributed by atoms with Gasteiger partial charge in [0.05, 0.1) is 41.9 Å². The van der Waals surface area contributed by atoms with Crippen LogP contribution in [0.25, 0.3) is 0 Å². The lowest BCUT2D eigenvalue weighted by atomic mass is 10.2. The molecule has 25 heavy (non-hydrogen) atoms. The third kappa shape index (κ3) is 4.41. The number of halogens is 2. The molecular formula is C17H17Cl2N5O. The van der Waals surface area contributed by atoms with Crippen LogP contribution in [0.1, 0.15) is 17.7 Å².